The van der Waals surface area contributed by atoms with E-state index >= 15 is 0 Å². The Morgan fingerprint density at radius 1 is 0.947 bits per heavy atom. The smallest absolute Gasteiger partial charge is 0.239 e. The van der Waals surface area contributed by atoms with Crippen LogP contribution in [0.15, 0.2) is 0 Å². The lowest BCUT2D eigenvalue weighted by molar-refractivity contribution is -0.135. The molecule has 0 aromatic heterocycles. The van der Waals surface area contributed by atoms with E-state index in [-0.39, 0.29) is 18.4 Å². The second kappa shape index (κ2) is 6.94. The molecule has 3 fully saturated rings. The molecule has 2 heterocycles. The first-order valence-corrected chi connectivity index (χ1v) is 7.90. The fraction of sp³-hybridized carbons (Fsp3) is 0.933. The molecule has 3 aliphatic rings. The number of amides is 1. The van der Waals surface area contributed by atoms with E-state index in [1.54, 1.807) is 0 Å². The second-order valence-electron chi connectivity index (χ2n) is 6.29. The van der Waals surface area contributed by atoms with Crippen molar-refractivity contribution < 1.29 is 4.79 Å². The number of hydrogen-bond acceptors (Lipinski definition) is 2. The molecule has 1 saturated carbocycles. The molecule has 2 atom stereocenters. The molecule has 2 aliphatic heterocycles. The Kier molecular flexibility index (Phi) is 5.52. The summed E-state index contributed by atoms with van der Waals surface area (Å²) in [4.78, 5) is 14.8. The van der Waals surface area contributed by atoms with Gasteiger partial charge in [0.2, 0.25) is 5.91 Å². The van der Waals surface area contributed by atoms with Gasteiger partial charge in [-0.3, -0.25) is 4.79 Å². The van der Waals surface area contributed by atoms with E-state index in [0.717, 1.165) is 25.4 Å². The molecule has 1 unspecified atom stereocenters. The SMILES string of the molecule is Cl.O=C([C@@H]1CCCN1)N1CCCC1C1CCCCC1. The van der Waals surface area contributed by atoms with Crippen LogP contribution in [0.4, 0.5) is 0 Å². The molecule has 1 amide bonds. The molecule has 0 aromatic rings. The zero-order valence-electron chi connectivity index (χ0n) is 11.8. The van der Waals surface area contributed by atoms with Crippen LogP contribution in [-0.4, -0.2) is 36.0 Å². The van der Waals surface area contributed by atoms with E-state index in [1.807, 2.05) is 0 Å². The molecular formula is C15H27ClN2O. The van der Waals surface area contributed by atoms with Crippen molar-refractivity contribution in [2.24, 2.45) is 5.92 Å². The molecule has 19 heavy (non-hydrogen) atoms. The molecule has 0 spiro atoms. The first kappa shape index (κ1) is 15.1. The van der Waals surface area contributed by atoms with Crippen LogP contribution in [0.3, 0.4) is 0 Å². The molecule has 3 rings (SSSR count). The average molecular weight is 287 g/mol. The van der Waals surface area contributed by atoms with Crippen LogP contribution in [0.25, 0.3) is 0 Å². The van der Waals surface area contributed by atoms with Crippen LogP contribution in [0.1, 0.15) is 57.8 Å². The molecular weight excluding hydrogens is 260 g/mol. The molecule has 4 heteroatoms. The molecule has 110 valence electrons. The summed E-state index contributed by atoms with van der Waals surface area (Å²) in [7, 11) is 0. The molecule has 0 aromatic carbocycles. The molecule has 1 aliphatic carbocycles. The summed E-state index contributed by atoms with van der Waals surface area (Å²) in [6, 6.07) is 0.703. The Bertz CT molecular complexity index is 299. The van der Waals surface area contributed by atoms with Crippen molar-refractivity contribution in [3.63, 3.8) is 0 Å². The quantitative estimate of drug-likeness (QED) is 0.847. The van der Waals surface area contributed by atoms with Gasteiger partial charge < -0.3 is 10.2 Å². The summed E-state index contributed by atoms with van der Waals surface area (Å²) in [5, 5.41) is 3.37. The van der Waals surface area contributed by atoms with Crippen molar-refractivity contribution in [2.75, 3.05) is 13.1 Å². The number of carbonyl (C=O) groups is 1. The third-order valence-corrected chi connectivity index (χ3v) is 5.13. The zero-order chi connectivity index (χ0) is 12.4. The van der Waals surface area contributed by atoms with Gasteiger partial charge >= 0.3 is 0 Å². The number of nitrogens with zero attached hydrogens (tertiary/aromatic N) is 1. The van der Waals surface area contributed by atoms with Crippen molar-refractivity contribution >= 4 is 18.3 Å². The number of likely N-dealkylation sites (tertiary alicyclic amines) is 1. The van der Waals surface area contributed by atoms with Gasteiger partial charge in [0.1, 0.15) is 0 Å². The van der Waals surface area contributed by atoms with Crippen LogP contribution in [-0.2, 0) is 4.79 Å². The Morgan fingerprint density at radius 3 is 2.42 bits per heavy atom. The molecule has 0 bridgehead atoms. The standard InChI is InChI=1S/C15H26N2O.ClH/c18-15(13-8-4-10-16-13)17-11-5-9-14(17)12-6-2-1-3-7-12;/h12-14,16H,1-11H2;1H/t13-,14?;/m0./s1. The minimum atomic E-state index is 0. The predicted octanol–water partition coefficient (Wildman–Crippen LogP) is 2.73. The van der Waals surface area contributed by atoms with Gasteiger partial charge in [-0.15, -0.1) is 12.4 Å². The normalized spacial score (nSPS) is 32.3. The Labute approximate surface area is 122 Å². The van der Waals surface area contributed by atoms with E-state index < -0.39 is 0 Å². The fourth-order valence-corrected chi connectivity index (χ4v) is 4.17. The van der Waals surface area contributed by atoms with Crippen LogP contribution < -0.4 is 5.32 Å². The van der Waals surface area contributed by atoms with Gasteiger partial charge in [-0.1, -0.05) is 19.3 Å². The van der Waals surface area contributed by atoms with E-state index in [0.29, 0.717) is 11.9 Å². The first-order chi connectivity index (χ1) is 8.86. The van der Waals surface area contributed by atoms with Gasteiger partial charge in [0.05, 0.1) is 6.04 Å². The van der Waals surface area contributed by atoms with Gasteiger partial charge in [0.15, 0.2) is 0 Å². The Hall–Kier alpha value is -0.280. The number of nitrogens with one attached hydrogen (secondary N) is 1. The third-order valence-electron chi connectivity index (χ3n) is 5.13. The summed E-state index contributed by atoms with van der Waals surface area (Å²) in [5.41, 5.74) is 0. The van der Waals surface area contributed by atoms with Crippen molar-refractivity contribution in [3.05, 3.63) is 0 Å². The van der Waals surface area contributed by atoms with E-state index in [2.05, 4.69) is 10.2 Å². The molecule has 1 N–H and O–H groups in total. The van der Waals surface area contributed by atoms with E-state index in [4.69, 9.17) is 0 Å². The molecule has 0 radical (unpaired) electrons. The maximum atomic E-state index is 12.6. The van der Waals surface area contributed by atoms with Crippen molar-refractivity contribution in [3.8, 4) is 0 Å². The minimum absolute atomic E-state index is 0. The maximum Gasteiger partial charge on any atom is 0.239 e. The zero-order valence-corrected chi connectivity index (χ0v) is 12.6. The minimum Gasteiger partial charge on any atom is -0.338 e. The first-order valence-electron chi connectivity index (χ1n) is 7.90. The summed E-state index contributed by atoms with van der Waals surface area (Å²) in [6.07, 6.45) is 11.6. The second-order valence-corrected chi connectivity index (χ2v) is 6.29. The fourth-order valence-electron chi connectivity index (χ4n) is 4.17. The third kappa shape index (κ3) is 3.25. The van der Waals surface area contributed by atoms with Gasteiger partial charge in [0.25, 0.3) is 0 Å². The highest BCUT2D eigenvalue weighted by atomic mass is 35.5. The number of carbonyl (C=O) groups excluding carboxylic acids is 1. The topological polar surface area (TPSA) is 32.3 Å². The van der Waals surface area contributed by atoms with Crippen LogP contribution >= 0.6 is 12.4 Å². The molecule has 3 nitrogen and oxygen atoms in total. The van der Waals surface area contributed by atoms with Crippen molar-refractivity contribution in [1.82, 2.24) is 10.2 Å². The lowest BCUT2D eigenvalue weighted by Crippen LogP contribution is -2.48. The molecule has 2 saturated heterocycles. The Balaban J connectivity index is 0.00000133. The van der Waals surface area contributed by atoms with Crippen LogP contribution in [0, 0.1) is 5.92 Å². The summed E-state index contributed by atoms with van der Waals surface area (Å²) < 4.78 is 0. The Morgan fingerprint density at radius 2 is 1.74 bits per heavy atom. The average Bonchev–Trinajstić information content (AvgIpc) is 3.10. The summed E-state index contributed by atoms with van der Waals surface area (Å²) in [5.74, 6) is 1.20. The van der Waals surface area contributed by atoms with Gasteiger partial charge in [0, 0.05) is 12.6 Å². The highest BCUT2D eigenvalue weighted by Crippen LogP contribution is 2.34. The van der Waals surface area contributed by atoms with E-state index in [9.17, 15) is 4.79 Å². The van der Waals surface area contributed by atoms with Gasteiger partial charge in [-0.2, -0.15) is 0 Å². The lowest BCUT2D eigenvalue weighted by atomic mass is 9.83. The van der Waals surface area contributed by atoms with Crippen molar-refractivity contribution in [2.45, 2.75) is 69.9 Å². The maximum absolute atomic E-state index is 12.6. The van der Waals surface area contributed by atoms with E-state index in [1.165, 1.54) is 51.4 Å². The largest absolute Gasteiger partial charge is 0.338 e. The highest BCUT2D eigenvalue weighted by molar-refractivity contribution is 5.85. The van der Waals surface area contributed by atoms with Crippen molar-refractivity contribution in [1.29, 1.82) is 0 Å². The van der Waals surface area contributed by atoms with Gasteiger partial charge in [-0.25, -0.2) is 0 Å². The summed E-state index contributed by atoms with van der Waals surface area (Å²) >= 11 is 0. The van der Waals surface area contributed by atoms with Crippen LogP contribution in [0.5, 0.6) is 0 Å². The lowest BCUT2D eigenvalue weighted by Gasteiger charge is -2.35. The number of rotatable bonds is 2. The number of hydrogen-bond donors (Lipinski definition) is 1. The number of halogens is 1. The summed E-state index contributed by atoms with van der Waals surface area (Å²) in [6.45, 7) is 2.04. The van der Waals surface area contributed by atoms with Crippen LogP contribution in [0.2, 0.25) is 0 Å². The monoisotopic (exact) mass is 286 g/mol. The highest BCUT2D eigenvalue weighted by Gasteiger charge is 2.38. The predicted molar refractivity (Wildman–Crippen MR) is 79.6 cm³/mol. The van der Waals surface area contributed by atoms with Gasteiger partial charge in [-0.05, 0) is 51.0 Å².